The normalized spacial score (nSPS) is 18.2. The highest BCUT2D eigenvalue weighted by molar-refractivity contribution is 9.10. The summed E-state index contributed by atoms with van der Waals surface area (Å²) in [5.74, 6) is 0. The third-order valence-electron chi connectivity index (χ3n) is 2.39. The van der Waals surface area contributed by atoms with Crippen LogP contribution in [0.3, 0.4) is 0 Å². The minimum Gasteiger partial charge on any atom is -0.379 e. The van der Waals surface area contributed by atoms with Crippen molar-refractivity contribution >= 4 is 26.0 Å². The smallest absolute Gasteiger partial charge is 0.254 e. The summed E-state index contributed by atoms with van der Waals surface area (Å²) in [5, 5.41) is 1.65. The number of halogens is 1. The van der Waals surface area contributed by atoms with Crippen LogP contribution < -0.4 is 4.83 Å². The fourth-order valence-corrected chi connectivity index (χ4v) is 3.66. The number of hydrazine groups is 1. The molecule has 5 nitrogen and oxygen atoms in total. The van der Waals surface area contributed by atoms with Crippen LogP contribution in [0, 0.1) is 0 Å². The molecule has 0 amide bonds. The lowest BCUT2D eigenvalue weighted by atomic mass is 10.4. The summed E-state index contributed by atoms with van der Waals surface area (Å²) in [7, 11) is -3.52. The van der Waals surface area contributed by atoms with Crippen molar-refractivity contribution in [1.82, 2.24) is 9.84 Å². The minimum atomic E-state index is -3.52. The van der Waals surface area contributed by atoms with Gasteiger partial charge in [0.2, 0.25) is 0 Å². The van der Waals surface area contributed by atoms with Crippen molar-refractivity contribution in [3.63, 3.8) is 0 Å². The summed E-state index contributed by atoms with van der Waals surface area (Å²) >= 11 is 3.23. The molecule has 0 aliphatic carbocycles. The van der Waals surface area contributed by atoms with E-state index < -0.39 is 10.0 Å². The van der Waals surface area contributed by atoms with Crippen molar-refractivity contribution in [2.24, 2.45) is 0 Å². The molecule has 0 saturated carbocycles. The molecule has 94 valence electrons. The third kappa shape index (κ3) is 3.26. The van der Waals surface area contributed by atoms with Crippen molar-refractivity contribution in [3.05, 3.63) is 28.7 Å². The fourth-order valence-electron chi connectivity index (χ4n) is 1.54. The molecule has 0 aromatic heterocycles. The van der Waals surface area contributed by atoms with Gasteiger partial charge in [-0.25, -0.2) is 13.4 Å². The van der Waals surface area contributed by atoms with Gasteiger partial charge >= 0.3 is 0 Å². The number of nitrogens with one attached hydrogen (secondary N) is 1. The van der Waals surface area contributed by atoms with Crippen LogP contribution in [-0.4, -0.2) is 39.7 Å². The molecule has 7 heteroatoms. The van der Waals surface area contributed by atoms with E-state index in [0.717, 1.165) is 0 Å². The van der Waals surface area contributed by atoms with Crippen molar-refractivity contribution < 1.29 is 13.2 Å². The zero-order valence-corrected chi connectivity index (χ0v) is 11.5. The maximum atomic E-state index is 12.1. The van der Waals surface area contributed by atoms with Gasteiger partial charge in [0.1, 0.15) is 0 Å². The third-order valence-corrected chi connectivity index (χ3v) is 4.77. The van der Waals surface area contributed by atoms with Crippen LogP contribution >= 0.6 is 15.9 Å². The molecule has 17 heavy (non-hydrogen) atoms. The molecule has 1 aromatic rings. The van der Waals surface area contributed by atoms with Crippen LogP contribution in [-0.2, 0) is 14.8 Å². The number of benzene rings is 1. The van der Waals surface area contributed by atoms with Crippen LogP contribution in [0.4, 0.5) is 0 Å². The quantitative estimate of drug-likeness (QED) is 0.901. The first-order valence-corrected chi connectivity index (χ1v) is 7.47. The Morgan fingerprint density at radius 1 is 1.24 bits per heavy atom. The van der Waals surface area contributed by atoms with Crippen LogP contribution in [0.5, 0.6) is 0 Å². The van der Waals surface area contributed by atoms with Gasteiger partial charge in [0, 0.05) is 17.6 Å². The Labute approximate surface area is 109 Å². The average Bonchev–Trinajstić information content (AvgIpc) is 2.30. The minimum absolute atomic E-state index is 0.242. The first-order valence-electron chi connectivity index (χ1n) is 5.19. The van der Waals surface area contributed by atoms with Gasteiger partial charge in [-0.3, -0.25) is 0 Å². The molecule has 1 aromatic carbocycles. The summed E-state index contributed by atoms with van der Waals surface area (Å²) < 4.78 is 29.9. The Morgan fingerprint density at radius 3 is 2.53 bits per heavy atom. The van der Waals surface area contributed by atoms with E-state index in [4.69, 9.17) is 4.74 Å². The van der Waals surface area contributed by atoms with Crippen molar-refractivity contribution in [3.8, 4) is 0 Å². The number of morpholine rings is 1. The van der Waals surface area contributed by atoms with E-state index in [2.05, 4.69) is 20.8 Å². The highest BCUT2D eigenvalue weighted by Crippen LogP contribution is 2.21. The molecule has 1 heterocycles. The lowest BCUT2D eigenvalue weighted by molar-refractivity contribution is 0.0272. The molecule has 1 saturated heterocycles. The van der Waals surface area contributed by atoms with Crippen LogP contribution in [0.25, 0.3) is 0 Å². The van der Waals surface area contributed by atoms with E-state index in [-0.39, 0.29) is 4.90 Å². The average molecular weight is 321 g/mol. The molecular weight excluding hydrogens is 308 g/mol. The van der Waals surface area contributed by atoms with E-state index in [0.29, 0.717) is 30.8 Å². The highest BCUT2D eigenvalue weighted by Gasteiger charge is 2.21. The number of ether oxygens (including phenoxy) is 1. The van der Waals surface area contributed by atoms with Crippen LogP contribution in [0.2, 0.25) is 0 Å². The summed E-state index contributed by atoms with van der Waals surface area (Å²) in [5.41, 5.74) is 0. The number of rotatable bonds is 3. The van der Waals surface area contributed by atoms with Gasteiger partial charge in [0.05, 0.1) is 18.1 Å². The molecule has 1 aliphatic heterocycles. The molecule has 1 aliphatic rings. The SMILES string of the molecule is O=S(=O)(NN1CCOCC1)c1ccccc1Br. The fraction of sp³-hybridized carbons (Fsp3) is 0.400. The molecule has 0 atom stereocenters. The van der Waals surface area contributed by atoms with E-state index in [1.54, 1.807) is 29.3 Å². The van der Waals surface area contributed by atoms with Gasteiger partial charge < -0.3 is 4.74 Å². The molecule has 0 bridgehead atoms. The van der Waals surface area contributed by atoms with Gasteiger partial charge in [-0.15, -0.1) is 4.83 Å². The van der Waals surface area contributed by atoms with E-state index in [1.807, 2.05) is 0 Å². The monoisotopic (exact) mass is 320 g/mol. The summed E-state index contributed by atoms with van der Waals surface area (Å²) in [6, 6.07) is 6.73. The van der Waals surface area contributed by atoms with Crippen molar-refractivity contribution in [2.75, 3.05) is 26.3 Å². The zero-order chi connectivity index (χ0) is 12.3. The second-order valence-electron chi connectivity index (χ2n) is 3.62. The number of hydrogen-bond donors (Lipinski definition) is 1. The lowest BCUT2D eigenvalue weighted by Crippen LogP contribution is -2.48. The standard InChI is InChI=1S/C10H13BrN2O3S/c11-9-3-1-2-4-10(9)17(14,15)12-13-5-7-16-8-6-13/h1-4,12H,5-8H2. The molecule has 1 N–H and O–H groups in total. The van der Waals surface area contributed by atoms with E-state index in [9.17, 15) is 8.42 Å². The van der Waals surface area contributed by atoms with E-state index >= 15 is 0 Å². The maximum Gasteiger partial charge on any atom is 0.254 e. The molecule has 1 fully saturated rings. The molecular formula is C10H13BrN2O3S. The Bertz CT molecular complexity index is 486. The summed E-state index contributed by atoms with van der Waals surface area (Å²) in [4.78, 5) is 2.79. The second-order valence-corrected chi connectivity index (χ2v) is 6.11. The van der Waals surface area contributed by atoms with Crippen molar-refractivity contribution in [1.29, 1.82) is 0 Å². The predicted octanol–water partition coefficient (Wildman–Crippen LogP) is 0.975. The van der Waals surface area contributed by atoms with Gasteiger partial charge in [-0.2, -0.15) is 0 Å². The first-order chi connectivity index (χ1) is 8.09. The highest BCUT2D eigenvalue weighted by atomic mass is 79.9. The van der Waals surface area contributed by atoms with Crippen LogP contribution in [0.15, 0.2) is 33.6 Å². The largest absolute Gasteiger partial charge is 0.379 e. The zero-order valence-electron chi connectivity index (χ0n) is 9.10. The number of nitrogens with zero attached hydrogens (tertiary/aromatic N) is 1. The topological polar surface area (TPSA) is 58.6 Å². The number of hydrogen-bond acceptors (Lipinski definition) is 4. The maximum absolute atomic E-state index is 12.1. The van der Waals surface area contributed by atoms with Crippen molar-refractivity contribution in [2.45, 2.75) is 4.90 Å². The van der Waals surface area contributed by atoms with Gasteiger partial charge in [0.25, 0.3) is 10.0 Å². The molecule has 2 rings (SSSR count). The number of sulfonamides is 1. The second kappa shape index (κ2) is 5.45. The van der Waals surface area contributed by atoms with E-state index in [1.165, 1.54) is 0 Å². The molecule has 0 radical (unpaired) electrons. The van der Waals surface area contributed by atoms with Gasteiger partial charge in [-0.1, -0.05) is 12.1 Å². The summed E-state index contributed by atoms with van der Waals surface area (Å²) in [6.45, 7) is 2.20. The van der Waals surface area contributed by atoms with Gasteiger partial charge in [-0.05, 0) is 28.1 Å². The van der Waals surface area contributed by atoms with Crippen LogP contribution in [0.1, 0.15) is 0 Å². The van der Waals surface area contributed by atoms with Gasteiger partial charge in [0.15, 0.2) is 0 Å². The summed E-state index contributed by atoms with van der Waals surface area (Å²) in [6.07, 6.45) is 0. The predicted molar refractivity (Wildman–Crippen MR) is 66.9 cm³/mol. The lowest BCUT2D eigenvalue weighted by Gasteiger charge is -2.26. The Kier molecular flexibility index (Phi) is 4.16. The molecule has 0 spiro atoms. The molecule has 0 unspecified atom stereocenters. The Morgan fingerprint density at radius 2 is 1.88 bits per heavy atom. The Balaban J connectivity index is 2.16. The Hall–Kier alpha value is -0.470. The first kappa shape index (κ1) is 13.0.